The van der Waals surface area contributed by atoms with E-state index in [4.69, 9.17) is 4.74 Å². The number of imidazole rings is 1. The molecular weight excluding hydrogens is 322 g/mol. The van der Waals surface area contributed by atoms with Gasteiger partial charge < -0.3 is 14.6 Å². The average molecular weight is 350 g/mol. The van der Waals surface area contributed by atoms with Gasteiger partial charge in [0.25, 0.3) is 0 Å². The first-order valence-electron chi connectivity index (χ1n) is 8.33. The molecule has 2 rings (SSSR count). The average Bonchev–Trinajstić information content (AvgIpc) is 2.92. The number of methoxy groups -OCH3 is 1. The van der Waals surface area contributed by atoms with Crippen molar-refractivity contribution in [3.05, 3.63) is 18.2 Å². The Labute approximate surface area is 148 Å². The number of H-pyrrole nitrogens is 1. The molecule has 6 heteroatoms. The molecule has 0 unspecified atom stereocenters. The largest absolute Gasteiger partial charge is 0.497 e. The minimum absolute atomic E-state index is 0.167. The molecule has 0 radical (unpaired) electrons. The molecule has 132 valence electrons. The zero-order valence-corrected chi connectivity index (χ0v) is 15.9. The predicted octanol–water partition coefficient (Wildman–Crippen LogP) is 3.80. The lowest BCUT2D eigenvalue weighted by Gasteiger charge is -2.26. The minimum Gasteiger partial charge on any atom is -0.497 e. The first kappa shape index (κ1) is 18.6. The molecule has 0 bridgehead atoms. The van der Waals surface area contributed by atoms with Crippen molar-refractivity contribution in [3.63, 3.8) is 0 Å². The molecule has 1 heterocycles. The summed E-state index contributed by atoms with van der Waals surface area (Å²) in [7, 11) is 1.64. The van der Waals surface area contributed by atoms with Crippen molar-refractivity contribution in [3.8, 4) is 5.75 Å². The molecular formula is C18H27N3O2S. The second kappa shape index (κ2) is 8.42. The number of carbonyl (C=O) groups excluding carboxylic acids is 1. The fraction of sp³-hybridized carbons (Fsp3) is 0.556. The highest BCUT2D eigenvalue weighted by Crippen LogP contribution is 2.23. The summed E-state index contributed by atoms with van der Waals surface area (Å²) in [5.41, 5.74) is 1.80. The molecule has 0 saturated heterocycles. The molecule has 0 aliphatic rings. The van der Waals surface area contributed by atoms with Crippen LogP contribution >= 0.6 is 11.8 Å². The monoisotopic (exact) mass is 349 g/mol. The number of thioether (sulfide) groups is 1. The Kier molecular flexibility index (Phi) is 6.54. The minimum atomic E-state index is 0.167. The second-order valence-electron chi connectivity index (χ2n) is 6.80. The molecule has 1 aromatic heterocycles. The highest BCUT2D eigenvalue weighted by Gasteiger charge is 2.17. The molecule has 5 nitrogen and oxygen atoms in total. The number of carbonyl (C=O) groups is 1. The summed E-state index contributed by atoms with van der Waals surface area (Å²) in [6.45, 7) is 10.2. The Morgan fingerprint density at radius 2 is 1.92 bits per heavy atom. The van der Waals surface area contributed by atoms with E-state index in [0.717, 1.165) is 35.0 Å². The molecule has 24 heavy (non-hydrogen) atoms. The first-order chi connectivity index (χ1) is 11.4. The van der Waals surface area contributed by atoms with Gasteiger partial charge in [-0.15, -0.1) is 0 Å². The lowest BCUT2D eigenvalue weighted by molar-refractivity contribution is -0.129. The van der Waals surface area contributed by atoms with Gasteiger partial charge in [0.05, 0.1) is 23.9 Å². The van der Waals surface area contributed by atoms with Crippen LogP contribution in [0.5, 0.6) is 5.75 Å². The number of amides is 1. The number of aromatic nitrogens is 2. The summed E-state index contributed by atoms with van der Waals surface area (Å²) in [5, 5.41) is 0.764. The Hall–Kier alpha value is -1.69. The maximum Gasteiger partial charge on any atom is 0.233 e. The summed E-state index contributed by atoms with van der Waals surface area (Å²) < 4.78 is 5.22. The van der Waals surface area contributed by atoms with E-state index in [-0.39, 0.29) is 5.91 Å². The molecule has 1 amide bonds. The topological polar surface area (TPSA) is 58.2 Å². The SMILES string of the molecule is COc1ccc2nc(SCC(=O)N(CC(C)C)CC(C)C)[nH]c2c1. The van der Waals surface area contributed by atoms with Crippen molar-refractivity contribution in [1.29, 1.82) is 0 Å². The van der Waals surface area contributed by atoms with Crippen LogP contribution in [0.4, 0.5) is 0 Å². The van der Waals surface area contributed by atoms with E-state index in [9.17, 15) is 4.79 Å². The standard InChI is InChI=1S/C18H27N3O2S/c1-12(2)9-21(10-13(3)4)17(22)11-24-18-19-15-7-6-14(23-5)8-16(15)20-18/h6-8,12-13H,9-11H2,1-5H3,(H,19,20). The first-order valence-corrected chi connectivity index (χ1v) is 9.32. The van der Waals surface area contributed by atoms with Crippen LogP contribution in [0.1, 0.15) is 27.7 Å². The summed E-state index contributed by atoms with van der Waals surface area (Å²) in [5.74, 6) is 2.29. The van der Waals surface area contributed by atoms with E-state index >= 15 is 0 Å². The second-order valence-corrected chi connectivity index (χ2v) is 7.76. The van der Waals surface area contributed by atoms with Gasteiger partial charge in [0, 0.05) is 19.2 Å². The van der Waals surface area contributed by atoms with E-state index < -0.39 is 0 Å². The molecule has 0 aliphatic heterocycles. The number of aromatic amines is 1. The van der Waals surface area contributed by atoms with Crippen molar-refractivity contribution in [1.82, 2.24) is 14.9 Å². The van der Waals surface area contributed by atoms with Crippen molar-refractivity contribution in [2.75, 3.05) is 26.0 Å². The highest BCUT2D eigenvalue weighted by atomic mass is 32.2. The summed E-state index contributed by atoms with van der Waals surface area (Å²) in [4.78, 5) is 22.3. The summed E-state index contributed by atoms with van der Waals surface area (Å²) >= 11 is 1.45. The number of rotatable bonds is 8. The van der Waals surface area contributed by atoms with Gasteiger partial charge in [-0.05, 0) is 24.0 Å². The number of nitrogens with one attached hydrogen (secondary N) is 1. The van der Waals surface area contributed by atoms with Crippen LogP contribution in [-0.4, -0.2) is 46.7 Å². The Bertz CT molecular complexity index is 672. The van der Waals surface area contributed by atoms with E-state index in [1.807, 2.05) is 23.1 Å². The van der Waals surface area contributed by atoms with Gasteiger partial charge in [0.15, 0.2) is 5.16 Å². The van der Waals surface area contributed by atoms with Crippen LogP contribution in [-0.2, 0) is 4.79 Å². The molecule has 0 aliphatic carbocycles. The van der Waals surface area contributed by atoms with Crippen LogP contribution in [0.3, 0.4) is 0 Å². The molecule has 0 atom stereocenters. The maximum absolute atomic E-state index is 12.5. The lowest BCUT2D eigenvalue weighted by Crippen LogP contribution is -2.38. The third-order valence-corrected chi connectivity index (χ3v) is 4.38. The van der Waals surface area contributed by atoms with Gasteiger partial charge in [-0.2, -0.15) is 0 Å². The van der Waals surface area contributed by atoms with Gasteiger partial charge >= 0.3 is 0 Å². The van der Waals surface area contributed by atoms with Crippen LogP contribution in [0, 0.1) is 11.8 Å². The molecule has 0 saturated carbocycles. The predicted molar refractivity (Wildman–Crippen MR) is 99.6 cm³/mol. The third kappa shape index (κ3) is 5.16. The smallest absolute Gasteiger partial charge is 0.233 e. The highest BCUT2D eigenvalue weighted by molar-refractivity contribution is 7.99. The fourth-order valence-corrected chi connectivity index (χ4v) is 3.33. The maximum atomic E-state index is 12.5. The van der Waals surface area contributed by atoms with Crippen molar-refractivity contribution in [2.24, 2.45) is 11.8 Å². The van der Waals surface area contributed by atoms with E-state index in [0.29, 0.717) is 17.6 Å². The van der Waals surface area contributed by atoms with E-state index in [1.54, 1.807) is 7.11 Å². The van der Waals surface area contributed by atoms with Crippen LogP contribution in [0.15, 0.2) is 23.4 Å². The van der Waals surface area contributed by atoms with Crippen molar-refractivity contribution in [2.45, 2.75) is 32.9 Å². The van der Waals surface area contributed by atoms with Gasteiger partial charge in [-0.1, -0.05) is 39.5 Å². The van der Waals surface area contributed by atoms with Crippen molar-refractivity contribution < 1.29 is 9.53 Å². The van der Waals surface area contributed by atoms with Crippen LogP contribution in [0.2, 0.25) is 0 Å². The zero-order chi connectivity index (χ0) is 17.7. The summed E-state index contributed by atoms with van der Waals surface area (Å²) in [6.07, 6.45) is 0. The van der Waals surface area contributed by atoms with Crippen LogP contribution in [0.25, 0.3) is 11.0 Å². The third-order valence-electron chi connectivity index (χ3n) is 3.52. The molecule has 1 N–H and O–H groups in total. The number of benzene rings is 1. The molecule has 0 fully saturated rings. The fourth-order valence-electron chi connectivity index (χ4n) is 2.54. The van der Waals surface area contributed by atoms with Gasteiger partial charge in [-0.3, -0.25) is 4.79 Å². The van der Waals surface area contributed by atoms with E-state index in [1.165, 1.54) is 11.8 Å². The summed E-state index contributed by atoms with van der Waals surface area (Å²) in [6, 6.07) is 5.72. The van der Waals surface area contributed by atoms with Crippen molar-refractivity contribution >= 4 is 28.7 Å². The number of hydrogen-bond acceptors (Lipinski definition) is 4. The number of fused-ring (bicyclic) bond motifs is 1. The van der Waals surface area contributed by atoms with Gasteiger partial charge in [-0.25, -0.2) is 4.98 Å². The lowest BCUT2D eigenvalue weighted by atomic mass is 10.1. The normalized spacial score (nSPS) is 11.5. The quantitative estimate of drug-likeness (QED) is 0.736. The zero-order valence-electron chi connectivity index (χ0n) is 15.1. The number of nitrogens with zero attached hydrogens (tertiary/aromatic N) is 2. The Morgan fingerprint density at radius 3 is 2.50 bits per heavy atom. The molecule has 1 aromatic carbocycles. The van der Waals surface area contributed by atoms with Gasteiger partial charge in [0.2, 0.25) is 5.91 Å². The van der Waals surface area contributed by atoms with E-state index in [2.05, 4.69) is 37.7 Å². The number of hydrogen-bond donors (Lipinski definition) is 1. The molecule has 2 aromatic rings. The Balaban J connectivity index is 2.01. The molecule has 0 spiro atoms. The number of ether oxygens (including phenoxy) is 1. The van der Waals surface area contributed by atoms with Crippen LogP contribution < -0.4 is 4.74 Å². The van der Waals surface area contributed by atoms with Gasteiger partial charge in [0.1, 0.15) is 5.75 Å². The Morgan fingerprint density at radius 1 is 1.25 bits per heavy atom.